The van der Waals surface area contributed by atoms with Gasteiger partial charge in [-0.3, -0.25) is 4.68 Å². The van der Waals surface area contributed by atoms with Gasteiger partial charge in [-0.05, 0) is 35.0 Å². The van der Waals surface area contributed by atoms with Gasteiger partial charge in [0, 0.05) is 19.2 Å². The number of hydrogen-bond donors (Lipinski definition) is 1. The molecule has 5 heteroatoms. The van der Waals surface area contributed by atoms with Crippen LogP contribution >= 0.6 is 15.9 Å². The van der Waals surface area contributed by atoms with E-state index in [9.17, 15) is 0 Å². The van der Waals surface area contributed by atoms with E-state index in [1.165, 1.54) is 0 Å². The molecule has 2 N–H and O–H groups in total. The summed E-state index contributed by atoms with van der Waals surface area (Å²) in [4.78, 5) is 0. The Morgan fingerprint density at radius 2 is 2.17 bits per heavy atom. The molecule has 1 aromatic heterocycles. The fourth-order valence-electron chi connectivity index (χ4n) is 1.93. The molecular weight excluding hydrogens is 294 g/mol. The first-order valence-electron chi connectivity index (χ1n) is 5.65. The highest BCUT2D eigenvalue weighted by Crippen LogP contribution is 2.36. The second kappa shape index (κ2) is 5.12. The maximum atomic E-state index is 5.72. The summed E-state index contributed by atoms with van der Waals surface area (Å²) in [6, 6.07) is 6.03. The monoisotopic (exact) mass is 309 g/mol. The minimum atomic E-state index is 0.443. The Balaban J connectivity index is 2.65. The molecular formula is C13H16BrN3O. The van der Waals surface area contributed by atoms with Crippen LogP contribution in [0.25, 0.3) is 11.3 Å². The summed E-state index contributed by atoms with van der Waals surface area (Å²) in [5, 5.41) is 4.51. The summed E-state index contributed by atoms with van der Waals surface area (Å²) in [7, 11) is 3.55. The van der Waals surface area contributed by atoms with Crippen LogP contribution in [0.5, 0.6) is 5.75 Å². The molecule has 1 heterocycles. The van der Waals surface area contributed by atoms with Crippen LogP contribution in [0.4, 0.5) is 0 Å². The van der Waals surface area contributed by atoms with Crippen molar-refractivity contribution in [1.29, 1.82) is 0 Å². The molecule has 0 atom stereocenters. The molecule has 2 aromatic rings. The van der Waals surface area contributed by atoms with Gasteiger partial charge in [0.05, 0.1) is 17.3 Å². The largest absolute Gasteiger partial charge is 0.496 e. The third-order valence-electron chi connectivity index (χ3n) is 2.91. The highest BCUT2D eigenvalue weighted by Gasteiger charge is 2.17. The van der Waals surface area contributed by atoms with Crippen molar-refractivity contribution in [2.45, 2.75) is 13.5 Å². The molecule has 0 saturated heterocycles. The van der Waals surface area contributed by atoms with Crippen molar-refractivity contribution in [3.8, 4) is 17.0 Å². The van der Waals surface area contributed by atoms with Crippen LogP contribution in [0.3, 0.4) is 0 Å². The molecule has 0 radical (unpaired) electrons. The first-order chi connectivity index (χ1) is 8.58. The Hall–Kier alpha value is -1.33. The fraction of sp³-hybridized carbons (Fsp3) is 0.308. The minimum Gasteiger partial charge on any atom is -0.496 e. The van der Waals surface area contributed by atoms with Gasteiger partial charge in [0.25, 0.3) is 0 Å². The molecule has 0 amide bonds. The molecule has 0 aliphatic rings. The number of hydrogen-bond acceptors (Lipinski definition) is 3. The van der Waals surface area contributed by atoms with Crippen LogP contribution in [0.15, 0.2) is 22.7 Å². The van der Waals surface area contributed by atoms with Crippen molar-refractivity contribution in [3.63, 3.8) is 0 Å². The van der Waals surface area contributed by atoms with Crippen molar-refractivity contribution >= 4 is 15.9 Å². The SMILES string of the molecule is COc1ccc(C)cc1-c1nn(C)c(CN)c1Br. The van der Waals surface area contributed by atoms with Crippen LogP contribution in [0, 0.1) is 6.92 Å². The van der Waals surface area contributed by atoms with Gasteiger partial charge in [0.1, 0.15) is 11.4 Å². The number of rotatable bonds is 3. The predicted octanol–water partition coefficient (Wildman–Crippen LogP) is 2.63. The summed E-state index contributed by atoms with van der Waals surface area (Å²) in [5.74, 6) is 0.808. The van der Waals surface area contributed by atoms with Crippen LogP contribution in [0.1, 0.15) is 11.3 Å². The second-order valence-electron chi connectivity index (χ2n) is 4.14. The quantitative estimate of drug-likeness (QED) is 0.948. The molecule has 0 fully saturated rings. The molecule has 0 saturated carbocycles. The van der Waals surface area contributed by atoms with Crippen molar-refractivity contribution < 1.29 is 4.74 Å². The lowest BCUT2D eigenvalue weighted by Crippen LogP contribution is -2.04. The zero-order chi connectivity index (χ0) is 13.3. The first-order valence-corrected chi connectivity index (χ1v) is 6.44. The summed E-state index contributed by atoms with van der Waals surface area (Å²) >= 11 is 3.57. The second-order valence-corrected chi connectivity index (χ2v) is 4.93. The van der Waals surface area contributed by atoms with Crippen molar-refractivity contribution in [2.24, 2.45) is 12.8 Å². The highest BCUT2D eigenvalue weighted by atomic mass is 79.9. The lowest BCUT2D eigenvalue weighted by molar-refractivity contribution is 0.416. The Bertz CT molecular complexity index is 578. The molecule has 0 spiro atoms. The van der Waals surface area contributed by atoms with E-state index in [1.807, 2.05) is 26.1 Å². The average molecular weight is 310 g/mol. The summed E-state index contributed by atoms with van der Waals surface area (Å²) < 4.78 is 8.11. The van der Waals surface area contributed by atoms with E-state index in [2.05, 4.69) is 27.1 Å². The third-order valence-corrected chi connectivity index (χ3v) is 3.74. The first kappa shape index (κ1) is 13.1. The zero-order valence-corrected chi connectivity index (χ0v) is 12.3. The number of nitrogens with zero attached hydrogens (tertiary/aromatic N) is 2. The van der Waals surface area contributed by atoms with Gasteiger partial charge in [-0.2, -0.15) is 5.10 Å². The van der Waals surface area contributed by atoms with Gasteiger partial charge in [0.2, 0.25) is 0 Å². The van der Waals surface area contributed by atoms with Gasteiger partial charge < -0.3 is 10.5 Å². The minimum absolute atomic E-state index is 0.443. The normalized spacial score (nSPS) is 10.7. The Kier molecular flexibility index (Phi) is 3.73. The lowest BCUT2D eigenvalue weighted by atomic mass is 10.1. The van der Waals surface area contributed by atoms with Gasteiger partial charge >= 0.3 is 0 Å². The number of methoxy groups -OCH3 is 1. The molecule has 96 valence electrons. The zero-order valence-electron chi connectivity index (χ0n) is 10.7. The molecule has 4 nitrogen and oxygen atoms in total. The van der Waals surface area contributed by atoms with Gasteiger partial charge in [-0.15, -0.1) is 0 Å². The van der Waals surface area contributed by atoms with E-state index in [0.29, 0.717) is 6.54 Å². The lowest BCUT2D eigenvalue weighted by Gasteiger charge is -2.07. The average Bonchev–Trinajstić information content (AvgIpc) is 2.64. The highest BCUT2D eigenvalue weighted by molar-refractivity contribution is 9.10. The topological polar surface area (TPSA) is 53.1 Å². The molecule has 0 aliphatic heterocycles. The molecule has 1 aromatic carbocycles. The maximum absolute atomic E-state index is 5.72. The van der Waals surface area contributed by atoms with Crippen LogP contribution in [-0.2, 0) is 13.6 Å². The Morgan fingerprint density at radius 1 is 1.44 bits per heavy atom. The van der Waals surface area contributed by atoms with E-state index in [-0.39, 0.29) is 0 Å². The number of nitrogens with two attached hydrogens (primary N) is 1. The van der Waals surface area contributed by atoms with Crippen LogP contribution < -0.4 is 10.5 Å². The Morgan fingerprint density at radius 3 is 2.72 bits per heavy atom. The third kappa shape index (κ3) is 2.15. The van der Waals surface area contributed by atoms with E-state index in [4.69, 9.17) is 10.5 Å². The fourth-order valence-corrected chi connectivity index (χ4v) is 2.65. The molecule has 2 rings (SSSR count). The van der Waals surface area contributed by atoms with Crippen molar-refractivity contribution in [2.75, 3.05) is 7.11 Å². The molecule has 0 bridgehead atoms. The van der Waals surface area contributed by atoms with E-state index in [0.717, 1.165) is 32.7 Å². The Labute approximate surface area is 115 Å². The smallest absolute Gasteiger partial charge is 0.128 e. The van der Waals surface area contributed by atoms with Gasteiger partial charge in [0.15, 0.2) is 0 Å². The number of aromatic nitrogens is 2. The standard InChI is InChI=1S/C13H16BrN3O/c1-8-4-5-11(18-3)9(6-8)13-12(14)10(7-15)17(2)16-13/h4-6H,7,15H2,1-3H3. The van der Waals surface area contributed by atoms with Crippen LogP contribution in [0.2, 0.25) is 0 Å². The van der Waals surface area contributed by atoms with Gasteiger partial charge in [-0.1, -0.05) is 11.6 Å². The summed E-state index contributed by atoms with van der Waals surface area (Å²) in [5.41, 5.74) is 9.68. The van der Waals surface area contributed by atoms with Gasteiger partial charge in [-0.25, -0.2) is 0 Å². The summed E-state index contributed by atoms with van der Waals surface area (Å²) in [6.07, 6.45) is 0. The molecule has 0 unspecified atom stereocenters. The van der Waals surface area contributed by atoms with Crippen LogP contribution in [-0.4, -0.2) is 16.9 Å². The maximum Gasteiger partial charge on any atom is 0.128 e. The number of benzene rings is 1. The van der Waals surface area contributed by atoms with Crippen molar-refractivity contribution in [1.82, 2.24) is 9.78 Å². The van der Waals surface area contributed by atoms with E-state index < -0.39 is 0 Å². The van der Waals surface area contributed by atoms with E-state index >= 15 is 0 Å². The molecule has 0 aliphatic carbocycles. The predicted molar refractivity (Wildman–Crippen MR) is 75.5 cm³/mol. The number of aryl methyl sites for hydroxylation is 2. The van der Waals surface area contributed by atoms with Crippen molar-refractivity contribution in [3.05, 3.63) is 33.9 Å². The number of halogens is 1. The summed E-state index contributed by atoms with van der Waals surface area (Å²) in [6.45, 7) is 2.49. The molecule has 18 heavy (non-hydrogen) atoms. The number of ether oxygens (including phenoxy) is 1. The van der Waals surface area contributed by atoms with E-state index in [1.54, 1.807) is 11.8 Å².